The highest BCUT2D eigenvalue weighted by Crippen LogP contribution is 2.16. The largest absolute Gasteiger partial charge is 0.367 e. The van der Waals surface area contributed by atoms with Gasteiger partial charge in [0.15, 0.2) is 5.82 Å². The highest BCUT2D eigenvalue weighted by Gasteiger charge is 2.17. The van der Waals surface area contributed by atoms with Crippen molar-refractivity contribution in [3.8, 4) is 5.82 Å². The first-order chi connectivity index (χ1) is 13.3. The first kappa shape index (κ1) is 19.9. The smallest absolute Gasteiger partial charge is 0.243 e. The van der Waals surface area contributed by atoms with Crippen LogP contribution >= 0.6 is 0 Å². The molecule has 2 N–H and O–H groups in total. The van der Waals surface area contributed by atoms with Crippen LogP contribution < -0.4 is 10.0 Å². The van der Waals surface area contributed by atoms with Gasteiger partial charge in [-0.15, -0.1) is 10.2 Å². The van der Waals surface area contributed by atoms with E-state index in [9.17, 15) is 12.8 Å². The van der Waals surface area contributed by atoms with Crippen molar-refractivity contribution in [2.24, 2.45) is 0 Å². The molecule has 0 unspecified atom stereocenters. The average molecular weight is 404 g/mol. The van der Waals surface area contributed by atoms with Gasteiger partial charge in [-0.2, -0.15) is 5.10 Å². The number of sulfonamides is 1. The number of hydrogen-bond acceptors (Lipinski definition) is 6. The Morgan fingerprint density at radius 2 is 1.79 bits per heavy atom. The number of rotatable bonds is 7. The maximum Gasteiger partial charge on any atom is 0.243 e. The lowest BCUT2D eigenvalue weighted by Crippen LogP contribution is -2.29. The molecule has 3 aromatic rings. The number of aromatic nitrogens is 4. The molecule has 0 bridgehead atoms. The van der Waals surface area contributed by atoms with Gasteiger partial charge in [0.1, 0.15) is 16.5 Å². The van der Waals surface area contributed by atoms with Crippen LogP contribution in [0.1, 0.15) is 17.0 Å². The summed E-state index contributed by atoms with van der Waals surface area (Å²) >= 11 is 0. The van der Waals surface area contributed by atoms with E-state index in [1.807, 2.05) is 20.8 Å². The molecule has 1 aromatic carbocycles. The normalized spacial score (nSPS) is 11.6. The molecule has 0 spiro atoms. The Balaban J connectivity index is 1.57. The number of nitrogens with zero attached hydrogens (tertiary/aromatic N) is 4. The van der Waals surface area contributed by atoms with E-state index >= 15 is 0 Å². The maximum absolute atomic E-state index is 13.6. The number of nitrogens with one attached hydrogen (secondary N) is 2. The summed E-state index contributed by atoms with van der Waals surface area (Å²) in [6.45, 7) is 6.23. The van der Waals surface area contributed by atoms with E-state index in [1.165, 1.54) is 18.2 Å². The van der Waals surface area contributed by atoms with Crippen LogP contribution in [0.25, 0.3) is 5.82 Å². The lowest BCUT2D eigenvalue weighted by Gasteiger charge is -2.09. The molecule has 0 saturated carbocycles. The van der Waals surface area contributed by atoms with Crippen LogP contribution in [-0.2, 0) is 10.0 Å². The van der Waals surface area contributed by atoms with Gasteiger partial charge in [-0.3, -0.25) is 0 Å². The third-order valence-corrected chi connectivity index (χ3v) is 5.86. The van der Waals surface area contributed by atoms with Crippen LogP contribution in [-0.4, -0.2) is 41.5 Å². The van der Waals surface area contributed by atoms with Gasteiger partial charge in [0.05, 0.1) is 5.69 Å². The minimum Gasteiger partial charge on any atom is -0.367 e. The van der Waals surface area contributed by atoms with E-state index in [1.54, 1.807) is 16.8 Å². The minimum atomic E-state index is -3.91. The predicted octanol–water partition coefficient (Wildman–Crippen LogP) is 2.12. The summed E-state index contributed by atoms with van der Waals surface area (Å²) in [7, 11) is -3.91. The second-order valence-electron chi connectivity index (χ2n) is 6.24. The summed E-state index contributed by atoms with van der Waals surface area (Å²) in [4.78, 5) is -0.376. The first-order valence-corrected chi connectivity index (χ1v) is 10.1. The molecular formula is C18H21FN6O2S. The quantitative estimate of drug-likeness (QED) is 0.585. The molecule has 148 valence electrons. The Kier molecular flexibility index (Phi) is 5.71. The number of benzene rings is 1. The molecule has 0 atom stereocenters. The zero-order chi connectivity index (χ0) is 20.3. The highest BCUT2D eigenvalue weighted by molar-refractivity contribution is 7.89. The second kappa shape index (κ2) is 8.03. The first-order valence-electron chi connectivity index (χ1n) is 8.64. The highest BCUT2D eigenvalue weighted by atomic mass is 32.2. The summed E-state index contributed by atoms with van der Waals surface area (Å²) in [5.41, 5.74) is 3.03. The molecule has 8 nitrogen and oxygen atoms in total. The summed E-state index contributed by atoms with van der Waals surface area (Å²) < 4.78 is 41.9. The maximum atomic E-state index is 13.6. The van der Waals surface area contributed by atoms with E-state index in [2.05, 4.69) is 25.3 Å². The standard InChI is InChI=1S/C18H21FN6O2S/c1-12-13(2)24-25(14(12)3)18-9-8-17(22-23-18)20-10-11-21-28(26,27)16-7-5-4-6-15(16)19/h4-9,21H,10-11H2,1-3H3,(H,20,22). The van der Waals surface area contributed by atoms with E-state index < -0.39 is 15.8 Å². The van der Waals surface area contributed by atoms with Crippen molar-refractivity contribution in [1.82, 2.24) is 24.7 Å². The fourth-order valence-electron chi connectivity index (χ4n) is 2.59. The fraction of sp³-hybridized carbons (Fsp3) is 0.278. The van der Waals surface area contributed by atoms with Crippen molar-refractivity contribution < 1.29 is 12.8 Å². The van der Waals surface area contributed by atoms with Gasteiger partial charge >= 0.3 is 0 Å². The van der Waals surface area contributed by atoms with Gasteiger partial charge in [-0.1, -0.05) is 12.1 Å². The van der Waals surface area contributed by atoms with Crippen LogP contribution in [0.2, 0.25) is 0 Å². The van der Waals surface area contributed by atoms with Crippen molar-refractivity contribution in [2.45, 2.75) is 25.7 Å². The molecule has 0 aliphatic heterocycles. The molecule has 0 radical (unpaired) electrons. The van der Waals surface area contributed by atoms with E-state index in [0.29, 0.717) is 11.6 Å². The van der Waals surface area contributed by atoms with Crippen molar-refractivity contribution in [3.05, 3.63) is 59.2 Å². The van der Waals surface area contributed by atoms with Crippen LogP contribution in [0.5, 0.6) is 0 Å². The molecule has 2 aromatic heterocycles. The monoisotopic (exact) mass is 404 g/mol. The van der Waals surface area contributed by atoms with Gasteiger partial charge in [-0.25, -0.2) is 22.2 Å². The zero-order valence-electron chi connectivity index (χ0n) is 15.8. The van der Waals surface area contributed by atoms with Crippen LogP contribution in [0, 0.1) is 26.6 Å². The Labute approximate surface area is 162 Å². The Hall–Kier alpha value is -2.85. The van der Waals surface area contributed by atoms with Gasteiger partial charge in [0.2, 0.25) is 10.0 Å². The number of aryl methyl sites for hydroxylation is 1. The topological polar surface area (TPSA) is 102 Å². The fourth-order valence-corrected chi connectivity index (χ4v) is 3.70. The molecule has 0 aliphatic rings. The lowest BCUT2D eigenvalue weighted by atomic mass is 10.2. The molecule has 0 fully saturated rings. The van der Waals surface area contributed by atoms with Gasteiger partial charge in [0.25, 0.3) is 0 Å². The molecule has 3 rings (SSSR count). The molecule has 0 aliphatic carbocycles. The summed E-state index contributed by atoms with van der Waals surface area (Å²) in [6, 6.07) is 8.74. The van der Waals surface area contributed by atoms with Gasteiger partial charge < -0.3 is 5.32 Å². The van der Waals surface area contributed by atoms with Crippen molar-refractivity contribution in [1.29, 1.82) is 0 Å². The van der Waals surface area contributed by atoms with Crippen LogP contribution in [0.15, 0.2) is 41.3 Å². The summed E-state index contributed by atoms with van der Waals surface area (Å²) in [5, 5.41) is 15.6. The molecule has 0 saturated heterocycles. The molecule has 0 amide bonds. The van der Waals surface area contributed by atoms with E-state index in [-0.39, 0.29) is 18.0 Å². The zero-order valence-corrected chi connectivity index (χ0v) is 16.6. The Morgan fingerprint density at radius 3 is 2.39 bits per heavy atom. The van der Waals surface area contributed by atoms with E-state index in [4.69, 9.17) is 0 Å². The molecule has 10 heteroatoms. The predicted molar refractivity (Wildman–Crippen MR) is 103 cm³/mol. The number of hydrogen-bond donors (Lipinski definition) is 2. The van der Waals surface area contributed by atoms with Crippen molar-refractivity contribution in [3.63, 3.8) is 0 Å². The molecular weight excluding hydrogens is 383 g/mol. The van der Waals surface area contributed by atoms with Gasteiger partial charge in [-0.05, 0) is 50.6 Å². The summed E-state index contributed by atoms with van der Waals surface area (Å²) in [5.74, 6) is 0.301. The van der Waals surface area contributed by atoms with Crippen molar-refractivity contribution in [2.75, 3.05) is 18.4 Å². The molecule has 2 heterocycles. The second-order valence-corrected chi connectivity index (χ2v) is 7.97. The third-order valence-electron chi connectivity index (χ3n) is 4.37. The third kappa shape index (κ3) is 4.18. The minimum absolute atomic E-state index is 0.0662. The van der Waals surface area contributed by atoms with Crippen LogP contribution in [0.4, 0.5) is 10.2 Å². The summed E-state index contributed by atoms with van der Waals surface area (Å²) in [6.07, 6.45) is 0. The Bertz CT molecular complexity index is 1080. The average Bonchev–Trinajstić information content (AvgIpc) is 2.93. The lowest BCUT2D eigenvalue weighted by molar-refractivity contribution is 0.558. The van der Waals surface area contributed by atoms with Crippen molar-refractivity contribution >= 4 is 15.8 Å². The molecule has 28 heavy (non-hydrogen) atoms. The van der Waals surface area contributed by atoms with Gasteiger partial charge in [0, 0.05) is 18.8 Å². The van der Waals surface area contributed by atoms with E-state index in [0.717, 1.165) is 23.0 Å². The number of halogens is 1. The Morgan fingerprint density at radius 1 is 1.04 bits per heavy atom. The number of anilines is 1. The van der Waals surface area contributed by atoms with Crippen LogP contribution in [0.3, 0.4) is 0 Å². The SMILES string of the molecule is Cc1nn(-c2ccc(NCCNS(=O)(=O)c3ccccc3F)nn2)c(C)c1C.